The molecule has 0 unspecified atom stereocenters. The Bertz CT molecular complexity index is 13.5. The van der Waals surface area contributed by atoms with E-state index in [0.29, 0.717) is 0 Å². The molecule has 0 aliphatic rings. The quantitative estimate of drug-likeness (QED) is 0.544. The zero-order valence-corrected chi connectivity index (χ0v) is 8.31. The molecule has 0 aliphatic carbocycles. The third-order valence-electron chi connectivity index (χ3n) is 0. The normalized spacial score (nSPS) is 0. The van der Waals surface area contributed by atoms with Crippen molar-refractivity contribution in [1.82, 2.24) is 0 Å². The predicted molar refractivity (Wildman–Crippen MR) is 7.98 cm³/mol. The van der Waals surface area contributed by atoms with Crippen molar-refractivity contribution in [3.8, 4) is 0 Å². The molecule has 1 radical (unpaired) electrons. The third-order valence-corrected chi connectivity index (χ3v) is 0. The molecule has 0 spiro atoms. The van der Waals surface area contributed by atoms with Crippen molar-refractivity contribution in [2.45, 2.75) is 0 Å². The van der Waals surface area contributed by atoms with Crippen molar-refractivity contribution >= 4 is 23.1 Å². The van der Waals surface area contributed by atoms with Crippen molar-refractivity contribution in [2.24, 2.45) is 0 Å². The van der Waals surface area contributed by atoms with E-state index in [1.54, 1.807) is 0 Å². The zero-order chi connectivity index (χ0) is 0. The first-order chi connectivity index (χ1) is 0. The van der Waals surface area contributed by atoms with Crippen LogP contribution in [0.2, 0.25) is 0 Å². The van der Waals surface area contributed by atoms with Crippen LogP contribution >= 0.6 is 0 Å². The van der Waals surface area contributed by atoms with Crippen LogP contribution in [-0.4, -0.2) is 23.1 Å². The van der Waals surface area contributed by atoms with Crippen molar-refractivity contribution < 1.29 is 78.2 Å². The van der Waals surface area contributed by atoms with Gasteiger partial charge in [0.05, 0.1) is 0 Å². The second-order valence-electron chi connectivity index (χ2n) is 0. The topological polar surface area (TPSA) is 0 Å². The first kappa shape index (κ1) is 27.2. The first-order valence-corrected chi connectivity index (χ1v) is 0. The molecule has 0 rings (SSSR count). The average molecular weight is 289 g/mol. The maximum absolute atomic E-state index is 0. The molecule has 0 atom stereocenters. The molecule has 4 heavy (non-hydrogen) atoms. The van der Waals surface area contributed by atoms with Crippen molar-refractivity contribution in [3.05, 3.63) is 0 Å². The van der Waals surface area contributed by atoms with Gasteiger partial charge in [0.15, 0.2) is 0 Å². The number of hydrogen-bond donors (Lipinski definition) is 0. The Kier molecular flexibility index (Phi) is 112. The van der Waals surface area contributed by atoms with Gasteiger partial charge < -0.3 is 2.85 Å². The van der Waals surface area contributed by atoms with Gasteiger partial charge in [0.2, 0.25) is 0 Å². The van der Waals surface area contributed by atoms with E-state index in [1.807, 2.05) is 0 Å². The molecular formula is H2CeCuMgNi. The standard InChI is InChI=1S/Ce.Cu.Mg.Ni.2H/q;;+2;;2*-1. The monoisotopic (exact) mass is 287 g/mol. The fraction of sp³-hybridized carbons (Fsp3) is 0. The molecule has 0 aliphatic heterocycles. The second kappa shape index (κ2) is 16.4. The second-order valence-corrected chi connectivity index (χ2v) is 0. The number of hydrogen-bond acceptors (Lipinski definition) is 0. The summed E-state index contributed by atoms with van der Waals surface area (Å²) in [6.07, 6.45) is 0. The van der Waals surface area contributed by atoms with Gasteiger partial charge in [0.25, 0.3) is 0 Å². The van der Waals surface area contributed by atoms with Gasteiger partial charge in [0.1, 0.15) is 0 Å². The maximum atomic E-state index is 0. The zero-order valence-electron chi connectivity index (χ0n) is 3.82. The molecule has 29 valence electrons. The van der Waals surface area contributed by atoms with E-state index >= 15 is 0 Å². The molecule has 0 saturated carbocycles. The Morgan fingerprint density at radius 1 is 1.25 bits per heavy atom. The average Bonchev–Trinajstić information content (AvgIpc) is 0. The van der Waals surface area contributed by atoms with Gasteiger partial charge in [-0.3, -0.25) is 0 Å². The predicted octanol–water partition coefficient (Wildman–Crippen LogP) is -0.161. The summed E-state index contributed by atoms with van der Waals surface area (Å²) in [4.78, 5) is 0. The van der Waals surface area contributed by atoms with E-state index in [0.717, 1.165) is 0 Å². The molecule has 0 amide bonds. The minimum Gasteiger partial charge on any atom is -1.00 e. The largest absolute Gasteiger partial charge is 2.00 e. The molecule has 0 bridgehead atoms. The fourth-order valence-electron chi connectivity index (χ4n) is 0. The Morgan fingerprint density at radius 3 is 1.25 bits per heavy atom. The Hall–Kier alpha value is 3.16. The summed E-state index contributed by atoms with van der Waals surface area (Å²) < 4.78 is 0. The van der Waals surface area contributed by atoms with E-state index < -0.39 is 0 Å². The van der Waals surface area contributed by atoms with Gasteiger partial charge in [-0.15, -0.1) is 0 Å². The molecule has 0 N–H and O–H groups in total. The Morgan fingerprint density at radius 2 is 1.25 bits per heavy atom. The maximum Gasteiger partial charge on any atom is 2.00 e. The van der Waals surface area contributed by atoms with Crippen LogP contribution in [0.3, 0.4) is 0 Å². The van der Waals surface area contributed by atoms with E-state index in [1.165, 1.54) is 0 Å². The molecule has 0 nitrogen and oxygen atoms in total. The minimum absolute atomic E-state index is 0. The molecular weight excluding hydrogens is 287 g/mol. The molecule has 0 aromatic heterocycles. The van der Waals surface area contributed by atoms with Crippen molar-refractivity contribution in [3.63, 3.8) is 0 Å². The summed E-state index contributed by atoms with van der Waals surface area (Å²) in [5, 5.41) is 0. The molecule has 0 fully saturated rings. The van der Waals surface area contributed by atoms with Gasteiger partial charge in [-0.1, -0.05) is 0 Å². The van der Waals surface area contributed by atoms with Crippen LogP contribution in [0.15, 0.2) is 0 Å². The van der Waals surface area contributed by atoms with Crippen LogP contribution in [0.5, 0.6) is 0 Å². The van der Waals surface area contributed by atoms with Gasteiger partial charge in [-0.2, -0.15) is 0 Å². The smallest absolute Gasteiger partial charge is 1.00 e. The van der Waals surface area contributed by atoms with Crippen LogP contribution < -0.4 is 0 Å². The minimum atomic E-state index is 0. The van der Waals surface area contributed by atoms with Crippen LogP contribution in [0.4, 0.5) is 0 Å². The van der Waals surface area contributed by atoms with E-state index in [9.17, 15) is 0 Å². The Labute approximate surface area is 99.1 Å². The Balaban J connectivity index is 0. The van der Waals surface area contributed by atoms with Gasteiger partial charge in [-0.05, 0) is 0 Å². The van der Waals surface area contributed by atoms with Crippen molar-refractivity contribution in [2.75, 3.05) is 0 Å². The van der Waals surface area contributed by atoms with E-state index in [-0.39, 0.29) is 101 Å². The van der Waals surface area contributed by atoms with E-state index in [2.05, 4.69) is 0 Å². The fourth-order valence-corrected chi connectivity index (χ4v) is 0. The molecule has 4 heteroatoms. The van der Waals surface area contributed by atoms with Gasteiger partial charge >= 0.3 is 23.1 Å². The molecule has 0 saturated heterocycles. The summed E-state index contributed by atoms with van der Waals surface area (Å²) in [7, 11) is 0. The van der Waals surface area contributed by atoms with Crippen LogP contribution in [-0.2, 0) is 33.6 Å². The molecule has 0 aromatic rings. The van der Waals surface area contributed by atoms with Crippen LogP contribution in [0, 0.1) is 41.7 Å². The summed E-state index contributed by atoms with van der Waals surface area (Å²) in [5.41, 5.74) is 0. The molecule has 0 heterocycles. The summed E-state index contributed by atoms with van der Waals surface area (Å²) in [6, 6.07) is 0. The van der Waals surface area contributed by atoms with Crippen LogP contribution in [0.1, 0.15) is 2.85 Å². The summed E-state index contributed by atoms with van der Waals surface area (Å²) in [6.45, 7) is 0. The number of rotatable bonds is 0. The SMILES string of the molecule is [Ce].[Cu].[H-].[H-].[Mg+2].[Ni]. The van der Waals surface area contributed by atoms with Gasteiger partial charge in [-0.25, -0.2) is 0 Å². The summed E-state index contributed by atoms with van der Waals surface area (Å²) in [5.74, 6) is 0. The summed E-state index contributed by atoms with van der Waals surface area (Å²) >= 11 is 0. The third kappa shape index (κ3) is 8.94. The molecule has 0 aromatic carbocycles. The van der Waals surface area contributed by atoms with Crippen molar-refractivity contribution in [1.29, 1.82) is 0 Å². The van der Waals surface area contributed by atoms with Gasteiger partial charge in [0, 0.05) is 75.3 Å². The van der Waals surface area contributed by atoms with E-state index in [4.69, 9.17) is 0 Å². The van der Waals surface area contributed by atoms with Crippen LogP contribution in [0.25, 0.3) is 0 Å². The first-order valence-electron chi connectivity index (χ1n) is 0.